The van der Waals surface area contributed by atoms with Crippen LogP contribution >= 0.6 is 0 Å². The molecule has 1 aromatic carbocycles. The van der Waals surface area contributed by atoms with E-state index in [9.17, 15) is 18.0 Å². The normalized spacial score (nSPS) is 15.0. The van der Waals surface area contributed by atoms with Crippen LogP contribution in [0, 0.1) is 0 Å². The third-order valence-electron chi connectivity index (χ3n) is 3.33. The molecule has 1 heterocycles. The second-order valence-corrected chi connectivity index (χ2v) is 4.99. The fourth-order valence-electron chi connectivity index (χ4n) is 2.05. The highest BCUT2D eigenvalue weighted by atomic mass is 19.4. The third-order valence-corrected chi connectivity index (χ3v) is 3.33. The summed E-state index contributed by atoms with van der Waals surface area (Å²) in [6, 6.07) is 6.04. The van der Waals surface area contributed by atoms with Gasteiger partial charge in [0.05, 0.1) is 5.56 Å². The number of hydrogen-bond acceptors (Lipinski definition) is 3. The van der Waals surface area contributed by atoms with Gasteiger partial charge < -0.3 is 0 Å². The fraction of sp³-hybridized carbons (Fsp3) is 0.267. The molecule has 0 N–H and O–H groups in total. The molecule has 6 heteroatoms. The maximum Gasteiger partial charge on any atom is 0.416 e. The first-order valence-electron chi connectivity index (χ1n) is 6.50. The number of rotatable bonds is 3. The fourth-order valence-corrected chi connectivity index (χ4v) is 2.05. The maximum absolute atomic E-state index is 12.7. The average Bonchev–Trinajstić information content (AvgIpc) is 3.30. The third kappa shape index (κ3) is 2.94. The van der Waals surface area contributed by atoms with Gasteiger partial charge in [-0.05, 0) is 31.0 Å². The molecule has 1 fully saturated rings. The molecule has 1 aromatic heterocycles. The Hall–Kier alpha value is -2.24. The van der Waals surface area contributed by atoms with Crippen molar-refractivity contribution < 1.29 is 18.0 Å². The van der Waals surface area contributed by atoms with Gasteiger partial charge in [-0.25, -0.2) is 9.97 Å². The Balaban J connectivity index is 1.93. The summed E-state index contributed by atoms with van der Waals surface area (Å²) >= 11 is 0. The van der Waals surface area contributed by atoms with Crippen molar-refractivity contribution in [2.75, 3.05) is 0 Å². The first kappa shape index (κ1) is 13.7. The van der Waals surface area contributed by atoms with E-state index in [4.69, 9.17) is 0 Å². The van der Waals surface area contributed by atoms with E-state index in [2.05, 4.69) is 9.97 Å². The second kappa shape index (κ2) is 4.95. The van der Waals surface area contributed by atoms with Crippen molar-refractivity contribution in [3.05, 3.63) is 59.2 Å². The number of carbonyl (C=O) groups is 1. The van der Waals surface area contributed by atoms with Gasteiger partial charge in [0.2, 0.25) is 11.6 Å². The Morgan fingerprint density at radius 1 is 1.19 bits per heavy atom. The lowest BCUT2D eigenvalue weighted by Crippen LogP contribution is -2.11. The van der Waals surface area contributed by atoms with Crippen LogP contribution < -0.4 is 0 Å². The van der Waals surface area contributed by atoms with Gasteiger partial charge >= 0.3 is 6.18 Å². The quantitative estimate of drug-likeness (QED) is 0.812. The molecule has 1 aliphatic rings. The van der Waals surface area contributed by atoms with Gasteiger partial charge in [-0.15, -0.1) is 0 Å². The first-order valence-corrected chi connectivity index (χ1v) is 6.50. The summed E-state index contributed by atoms with van der Waals surface area (Å²) in [4.78, 5) is 20.3. The molecule has 21 heavy (non-hydrogen) atoms. The van der Waals surface area contributed by atoms with Crippen molar-refractivity contribution in [2.24, 2.45) is 0 Å². The molecule has 3 nitrogen and oxygen atoms in total. The lowest BCUT2D eigenvalue weighted by molar-refractivity contribution is -0.137. The topological polar surface area (TPSA) is 42.9 Å². The number of aromatic nitrogens is 2. The maximum atomic E-state index is 12.7. The summed E-state index contributed by atoms with van der Waals surface area (Å²) < 4.78 is 38.0. The predicted octanol–water partition coefficient (Wildman–Crippen LogP) is 3.60. The first-order chi connectivity index (χ1) is 9.95. The summed E-state index contributed by atoms with van der Waals surface area (Å²) in [5, 5.41) is 0. The van der Waals surface area contributed by atoms with Crippen LogP contribution in [0.3, 0.4) is 0 Å². The molecule has 0 aliphatic heterocycles. The van der Waals surface area contributed by atoms with E-state index in [0.29, 0.717) is 5.92 Å². The van der Waals surface area contributed by atoms with Crippen LogP contribution in [-0.4, -0.2) is 15.8 Å². The van der Waals surface area contributed by atoms with Crippen molar-refractivity contribution in [2.45, 2.75) is 24.9 Å². The Kier molecular flexibility index (Phi) is 3.23. The minimum atomic E-state index is -4.48. The molecule has 1 aliphatic carbocycles. The van der Waals surface area contributed by atoms with E-state index in [-0.39, 0.29) is 11.4 Å². The molecule has 1 saturated carbocycles. The van der Waals surface area contributed by atoms with Crippen molar-refractivity contribution in [1.82, 2.24) is 9.97 Å². The Labute approximate surface area is 118 Å². The number of alkyl halides is 3. The van der Waals surface area contributed by atoms with Gasteiger partial charge in [0.25, 0.3) is 0 Å². The zero-order valence-electron chi connectivity index (χ0n) is 10.9. The zero-order valence-corrected chi connectivity index (χ0v) is 10.9. The highest BCUT2D eigenvalue weighted by molar-refractivity contribution is 6.06. The Morgan fingerprint density at radius 3 is 2.62 bits per heavy atom. The van der Waals surface area contributed by atoms with Gasteiger partial charge in [-0.3, -0.25) is 4.79 Å². The van der Waals surface area contributed by atoms with Gasteiger partial charge in [0.15, 0.2) is 0 Å². The molecule has 0 bridgehead atoms. The summed E-state index contributed by atoms with van der Waals surface area (Å²) in [6.07, 6.45) is -0.961. The van der Waals surface area contributed by atoms with Crippen LogP contribution in [0.25, 0.3) is 0 Å². The van der Waals surface area contributed by atoms with E-state index in [1.54, 1.807) is 6.07 Å². The number of carbonyl (C=O) groups excluding carboxylic acids is 1. The molecule has 3 rings (SSSR count). The summed E-state index contributed by atoms with van der Waals surface area (Å²) in [7, 11) is 0. The molecule has 108 valence electrons. The van der Waals surface area contributed by atoms with Crippen LogP contribution in [0.2, 0.25) is 0 Å². The Bertz CT molecular complexity index is 693. The zero-order chi connectivity index (χ0) is 15.0. The van der Waals surface area contributed by atoms with E-state index in [0.717, 1.165) is 30.7 Å². The number of ketones is 1. The molecular formula is C15H11F3N2O. The van der Waals surface area contributed by atoms with Crippen LogP contribution in [0.15, 0.2) is 36.5 Å². The molecule has 0 spiro atoms. The highest BCUT2D eigenvalue weighted by Crippen LogP contribution is 2.38. The molecule has 0 amide bonds. The number of hydrogen-bond donors (Lipinski definition) is 0. The SMILES string of the molecule is O=C(c1cccc(C(F)(F)F)c1)c1nccc(C2CC2)n1. The number of halogens is 3. The van der Waals surface area contributed by atoms with Crippen LogP contribution in [0.4, 0.5) is 13.2 Å². The predicted molar refractivity (Wildman–Crippen MR) is 68.9 cm³/mol. The van der Waals surface area contributed by atoms with Gasteiger partial charge in [-0.1, -0.05) is 12.1 Å². The monoisotopic (exact) mass is 292 g/mol. The van der Waals surface area contributed by atoms with Crippen molar-refractivity contribution >= 4 is 5.78 Å². The van der Waals surface area contributed by atoms with Gasteiger partial charge in [-0.2, -0.15) is 13.2 Å². The molecule has 0 saturated heterocycles. The Morgan fingerprint density at radius 2 is 1.95 bits per heavy atom. The minimum Gasteiger partial charge on any atom is -0.285 e. The van der Waals surface area contributed by atoms with Gasteiger partial charge in [0.1, 0.15) is 0 Å². The summed E-state index contributed by atoms with van der Waals surface area (Å²) in [5.41, 5.74) is -0.134. The molecule has 0 unspecified atom stereocenters. The van der Waals surface area contributed by atoms with Gasteiger partial charge in [0, 0.05) is 23.4 Å². The van der Waals surface area contributed by atoms with E-state index in [1.165, 1.54) is 18.3 Å². The lowest BCUT2D eigenvalue weighted by atomic mass is 10.1. The average molecular weight is 292 g/mol. The van der Waals surface area contributed by atoms with Crippen molar-refractivity contribution in [3.63, 3.8) is 0 Å². The molecule has 2 aromatic rings. The number of benzene rings is 1. The van der Waals surface area contributed by atoms with E-state index in [1.807, 2.05) is 0 Å². The highest BCUT2D eigenvalue weighted by Gasteiger charge is 2.31. The summed E-state index contributed by atoms with van der Waals surface area (Å²) in [6.45, 7) is 0. The van der Waals surface area contributed by atoms with Crippen molar-refractivity contribution in [1.29, 1.82) is 0 Å². The van der Waals surface area contributed by atoms with Crippen LogP contribution in [-0.2, 0) is 6.18 Å². The molecule has 0 radical (unpaired) electrons. The number of nitrogens with zero attached hydrogens (tertiary/aromatic N) is 2. The smallest absolute Gasteiger partial charge is 0.285 e. The largest absolute Gasteiger partial charge is 0.416 e. The van der Waals surface area contributed by atoms with Crippen LogP contribution in [0.1, 0.15) is 46.2 Å². The molecular weight excluding hydrogens is 281 g/mol. The van der Waals surface area contributed by atoms with E-state index < -0.39 is 17.5 Å². The van der Waals surface area contributed by atoms with Crippen LogP contribution in [0.5, 0.6) is 0 Å². The molecule has 0 atom stereocenters. The van der Waals surface area contributed by atoms with Crippen molar-refractivity contribution in [3.8, 4) is 0 Å². The standard InChI is InChI=1S/C15H11F3N2O/c16-15(17,18)11-3-1-2-10(8-11)13(21)14-19-7-6-12(20-14)9-4-5-9/h1-3,6-9H,4-5H2. The summed E-state index contributed by atoms with van der Waals surface area (Å²) in [5.74, 6) is -0.302. The minimum absolute atomic E-state index is 0.0567. The second-order valence-electron chi connectivity index (χ2n) is 4.99. The lowest BCUT2D eigenvalue weighted by Gasteiger charge is -2.08. The van der Waals surface area contributed by atoms with E-state index >= 15 is 0 Å².